The third kappa shape index (κ3) is 5.03. The van der Waals surface area contributed by atoms with Gasteiger partial charge >= 0.3 is 0 Å². The molecule has 1 amide bonds. The second kappa shape index (κ2) is 10.2. The molecule has 8 heteroatoms. The molecular weight excluding hydrogens is 477 g/mol. The minimum absolute atomic E-state index is 0.224. The van der Waals surface area contributed by atoms with Gasteiger partial charge in [-0.1, -0.05) is 23.7 Å². The second-order valence-electron chi connectivity index (χ2n) is 9.07. The van der Waals surface area contributed by atoms with Crippen molar-refractivity contribution in [3.05, 3.63) is 107 Å². The number of carbonyl (C=O) groups is 1. The first-order valence-electron chi connectivity index (χ1n) is 11.9. The Morgan fingerprint density at radius 3 is 2.33 bits per heavy atom. The summed E-state index contributed by atoms with van der Waals surface area (Å²) in [5.41, 5.74) is 3.21. The van der Waals surface area contributed by atoms with E-state index in [2.05, 4.69) is 26.2 Å². The normalized spacial score (nSPS) is 20.1. The monoisotopic (exact) mass is 503 g/mol. The van der Waals surface area contributed by atoms with Crippen molar-refractivity contribution in [1.82, 2.24) is 15.2 Å². The highest BCUT2D eigenvalue weighted by molar-refractivity contribution is 6.30. The lowest BCUT2D eigenvalue weighted by Gasteiger charge is -2.39. The second-order valence-corrected chi connectivity index (χ2v) is 9.51. The van der Waals surface area contributed by atoms with Crippen LogP contribution in [0.1, 0.15) is 22.8 Å². The first-order chi connectivity index (χ1) is 17.4. The summed E-state index contributed by atoms with van der Waals surface area (Å²) in [5.74, 6) is -0.453. The van der Waals surface area contributed by atoms with Gasteiger partial charge in [0.25, 0.3) is 5.91 Å². The first kappa shape index (κ1) is 24.2. The Kier molecular flexibility index (Phi) is 6.85. The van der Waals surface area contributed by atoms with Crippen molar-refractivity contribution in [1.29, 1.82) is 0 Å². The van der Waals surface area contributed by atoms with Crippen LogP contribution in [0, 0.1) is 5.82 Å². The van der Waals surface area contributed by atoms with Crippen molar-refractivity contribution in [2.24, 2.45) is 4.99 Å². The lowest BCUT2D eigenvalue weighted by atomic mass is 9.91. The number of nitrogens with one attached hydrogen (secondary N) is 1. The summed E-state index contributed by atoms with van der Waals surface area (Å²) in [7, 11) is 0. The fourth-order valence-electron chi connectivity index (χ4n) is 4.80. The number of nitrogens with zero attached hydrogens (tertiary/aromatic N) is 4. The van der Waals surface area contributed by atoms with E-state index in [9.17, 15) is 9.18 Å². The van der Waals surface area contributed by atoms with Gasteiger partial charge in [0.15, 0.2) is 5.66 Å². The van der Waals surface area contributed by atoms with E-state index in [0.29, 0.717) is 17.1 Å². The molecule has 2 aromatic carbocycles. The van der Waals surface area contributed by atoms with Crippen molar-refractivity contribution in [3.63, 3.8) is 0 Å². The van der Waals surface area contributed by atoms with Crippen LogP contribution in [0.25, 0.3) is 0 Å². The van der Waals surface area contributed by atoms with Crippen molar-refractivity contribution in [2.45, 2.75) is 12.6 Å². The lowest BCUT2D eigenvalue weighted by Crippen LogP contribution is -2.51. The molecule has 36 heavy (non-hydrogen) atoms. The molecule has 0 saturated carbocycles. The summed E-state index contributed by atoms with van der Waals surface area (Å²) in [6.07, 6.45) is 5.27. The van der Waals surface area contributed by atoms with E-state index < -0.39 is 5.66 Å². The molecule has 184 valence electrons. The van der Waals surface area contributed by atoms with Gasteiger partial charge < -0.3 is 10.2 Å². The number of carbonyl (C=O) groups excluding carboxylic acids is 1. The molecule has 1 saturated heterocycles. The van der Waals surface area contributed by atoms with Gasteiger partial charge in [0.1, 0.15) is 5.82 Å². The van der Waals surface area contributed by atoms with E-state index in [1.54, 1.807) is 24.5 Å². The van der Waals surface area contributed by atoms with Gasteiger partial charge in [-0.2, -0.15) is 0 Å². The molecule has 1 fully saturated rings. The molecule has 1 aromatic heterocycles. The largest absolute Gasteiger partial charge is 0.369 e. The van der Waals surface area contributed by atoms with Crippen LogP contribution in [0.3, 0.4) is 0 Å². The van der Waals surface area contributed by atoms with Gasteiger partial charge in [0.2, 0.25) is 0 Å². The Morgan fingerprint density at radius 2 is 1.67 bits per heavy atom. The Bertz CT molecular complexity index is 1290. The highest BCUT2D eigenvalue weighted by atomic mass is 35.5. The summed E-state index contributed by atoms with van der Waals surface area (Å²) in [6, 6.07) is 17.5. The molecule has 3 heterocycles. The van der Waals surface area contributed by atoms with Crippen molar-refractivity contribution in [3.8, 4) is 0 Å². The number of anilines is 1. The van der Waals surface area contributed by atoms with Crippen LogP contribution in [0.5, 0.6) is 0 Å². The van der Waals surface area contributed by atoms with E-state index in [1.807, 2.05) is 43.3 Å². The fourth-order valence-corrected chi connectivity index (χ4v) is 4.93. The van der Waals surface area contributed by atoms with Crippen LogP contribution in [0.15, 0.2) is 89.7 Å². The molecule has 5 rings (SSSR count). The van der Waals surface area contributed by atoms with E-state index in [4.69, 9.17) is 16.6 Å². The molecule has 1 unspecified atom stereocenters. The van der Waals surface area contributed by atoms with E-state index in [1.165, 1.54) is 12.1 Å². The van der Waals surface area contributed by atoms with Crippen LogP contribution in [-0.4, -0.2) is 54.2 Å². The number of allylic oxidation sites excluding steroid dienone is 1. The molecule has 2 aliphatic rings. The van der Waals surface area contributed by atoms with Gasteiger partial charge in [-0.25, -0.2) is 4.39 Å². The van der Waals surface area contributed by atoms with E-state index >= 15 is 0 Å². The lowest BCUT2D eigenvalue weighted by molar-refractivity contribution is 0.0911. The molecule has 0 aliphatic carbocycles. The zero-order chi connectivity index (χ0) is 25.1. The minimum atomic E-state index is -1.02. The van der Waals surface area contributed by atoms with Crippen molar-refractivity contribution >= 4 is 28.9 Å². The van der Waals surface area contributed by atoms with Crippen LogP contribution in [0.4, 0.5) is 10.1 Å². The Labute approximate surface area is 215 Å². The van der Waals surface area contributed by atoms with Gasteiger partial charge in [0, 0.05) is 72.7 Å². The molecule has 0 bridgehead atoms. The van der Waals surface area contributed by atoms with E-state index in [0.717, 1.165) is 48.7 Å². The summed E-state index contributed by atoms with van der Waals surface area (Å²) in [5, 5.41) is 3.84. The molecule has 2 aliphatic heterocycles. The third-order valence-corrected chi connectivity index (χ3v) is 6.90. The van der Waals surface area contributed by atoms with Gasteiger partial charge in [-0.05, 0) is 67.1 Å². The predicted molar refractivity (Wildman–Crippen MR) is 141 cm³/mol. The van der Waals surface area contributed by atoms with Crippen molar-refractivity contribution < 1.29 is 9.18 Å². The number of hydrogen-bond acceptors (Lipinski definition) is 5. The van der Waals surface area contributed by atoms with Crippen molar-refractivity contribution in [2.75, 3.05) is 37.6 Å². The highest BCUT2D eigenvalue weighted by Crippen LogP contribution is 2.37. The fraction of sp³-hybridized carbons (Fsp3) is 0.250. The Hall–Kier alpha value is -3.55. The summed E-state index contributed by atoms with van der Waals surface area (Å²) >= 11 is 6.18. The number of aliphatic imine (C=N–C) groups is 1. The number of aromatic nitrogens is 1. The molecular formula is C28H27ClFN5O. The molecule has 0 radical (unpaired) electrons. The number of hydrogen-bond donors (Lipinski definition) is 1. The SMILES string of the molecule is CC1=NC(NC(=O)c2ccncc2)(c2ccc(Cl)cc2)C(CN2CCN(c3ccc(F)cc3)CC2)=C1. The molecule has 6 nitrogen and oxygen atoms in total. The molecule has 3 aromatic rings. The Morgan fingerprint density at radius 1 is 1.00 bits per heavy atom. The number of amides is 1. The maximum atomic E-state index is 13.3. The topological polar surface area (TPSA) is 60.8 Å². The Balaban J connectivity index is 1.38. The van der Waals surface area contributed by atoms with Gasteiger partial charge in [0.05, 0.1) is 0 Å². The first-order valence-corrected chi connectivity index (χ1v) is 12.3. The van der Waals surface area contributed by atoms with Gasteiger partial charge in [-0.3, -0.25) is 19.7 Å². The third-order valence-electron chi connectivity index (χ3n) is 6.65. The number of halogens is 2. The quantitative estimate of drug-likeness (QED) is 0.530. The molecule has 1 atom stereocenters. The average molecular weight is 504 g/mol. The summed E-state index contributed by atoms with van der Waals surface area (Å²) in [6.45, 7) is 5.93. The minimum Gasteiger partial charge on any atom is -0.369 e. The van der Waals surface area contributed by atoms with Crippen LogP contribution in [0.2, 0.25) is 5.02 Å². The molecule has 1 N–H and O–H groups in total. The maximum absolute atomic E-state index is 13.3. The number of benzene rings is 2. The van der Waals surface area contributed by atoms with Crippen LogP contribution in [-0.2, 0) is 5.66 Å². The number of rotatable bonds is 6. The zero-order valence-corrected chi connectivity index (χ0v) is 20.8. The summed E-state index contributed by atoms with van der Waals surface area (Å²) in [4.78, 5) is 26.9. The number of piperazine rings is 1. The van der Waals surface area contributed by atoms with Crippen LogP contribution < -0.4 is 10.2 Å². The standard InChI is InChI=1S/C28H27ClFN5O/c1-20-18-23(19-34-14-16-35(17-15-34)26-8-6-25(30)7-9-26)28(32-20,22-2-4-24(29)5-3-22)33-27(36)21-10-12-31-13-11-21/h2-13,18H,14-17,19H2,1H3,(H,33,36). The van der Waals surface area contributed by atoms with E-state index in [-0.39, 0.29) is 11.7 Å². The number of pyridine rings is 1. The predicted octanol–water partition coefficient (Wildman–Crippen LogP) is 4.68. The van der Waals surface area contributed by atoms with Crippen LogP contribution >= 0.6 is 11.6 Å². The summed E-state index contributed by atoms with van der Waals surface area (Å²) < 4.78 is 13.3. The smallest absolute Gasteiger partial charge is 0.253 e. The highest BCUT2D eigenvalue weighted by Gasteiger charge is 2.41. The zero-order valence-electron chi connectivity index (χ0n) is 20.0. The molecule has 0 spiro atoms. The average Bonchev–Trinajstić information content (AvgIpc) is 3.21. The van der Waals surface area contributed by atoms with Gasteiger partial charge in [-0.15, -0.1) is 0 Å². The maximum Gasteiger partial charge on any atom is 0.253 e.